The average molecular weight is 375 g/mol. The van der Waals surface area contributed by atoms with Gasteiger partial charge in [-0.2, -0.15) is 0 Å². The van der Waals surface area contributed by atoms with Crippen LogP contribution < -0.4 is 10.6 Å². The van der Waals surface area contributed by atoms with E-state index >= 15 is 0 Å². The van der Waals surface area contributed by atoms with Gasteiger partial charge < -0.3 is 20.1 Å². The lowest BCUT2D eigenvalue weighted by Gasteiger charge is -2.21. The highest BCUT2D eigenvalue weighted by molar-refractivity contribution is 5.80. The van der Waals surface area contributed by atoms with Crippen LogP contribution in [0.5, 0.6) is 0 Å². The van der Waals surface area contributed by atoms with E-state index in [1.54, 1.807) is 0 Å². The maximum atomic E-state index is 4.80. The van der Waals surface area contributed by atoms with E-state index in [2.05, 4.69) is 45.1 Å². The van der Waals surface area contributed by atoms with Crippen molar-refractivity contribution in [2.45, 2.75) is 71.4 Å². The Balaban J connectivity index is 1.36. The van der Waals surface area contributed by atoms with Gasteiger partial charge in [0.2, 0.25) is 0 Å². The Morgan fingerprint density at radius 2 is 2.11 bits per heavy atom. The lowest BCUT2D eigenvalue weighted by Crippen LogP contribution is -2.44. The molecule has 6 heteroatoms. The first-order chi connectivity index (χ1) is 13.2. The molecule has 3 rings (SSSR count). The van der Waals surface area contributed by atoms with E-state index in [9.17, 15) is 0 Å². The molecule has 1 unspecified atom stereocenters. The van der Waals surface area contributed by atoms with Gasteiger partial charge in [-0.15, -0.1) is 0 Å². The second-order valence-corrected chi connectivity index (χ2v) is 8.18. The fourth-order valence-electron chi connectivity index (χ4n) is 4.41. The normalized spacial score (nSPS) is 21.9. The second kappa shape index (κ2) is 10.7. The third-order valence-electron chi connectivity index (χ3n) is 5.95. The summed E-state index contributed by atoms with van der Waals surface area (Å²) < 4.78 is 2.21. The zero-order chi connectivity index (χ0) is 18.9. The smallest absolute Gasteiger partial charge is 0.191 e. The maximum absolute atomic E-state index is 4.80. The van der Waals surface area contributed by atoms with Crippen LogP contribution in [-0.2, 0) is 6.54 Å². The second-order valence-electron chi connectivity index (χ2n) is 8.18. The predicted molar refractivity (Wildman–Crippen MR) is 112 cm³/mol. The molecule has 6 nitrogen and oxygen atoms in total. The number of unbranched alkanes of at least 4 members (excludes halogenated alkanes) is 1. The molecule has 1 atom stereocenters. The monoisotopic (exact) mass is 374 g/mol. The van der Waals surface area contributed by atoms with Crippen molar-refractivity contribution < 1.29 is 0 Å². The summed E-state index contributed by atoms with van der Waals surface area (Å²) in [5, 5.41) is 7.08. The van der Waals surface area contributed by atoms with Crippen molar-refractivity contribution in [3.05, 3.63) is 18.2 Å². The summed E-state index contributed by atoms with van der Waals surface area (Å²) >= 11 is 0. The van der Waals surface area contributed by atoms with Crippen molar-refractivity contribution in [3.63, 3.8) is 0 Å². The minimum Gasteiger partial charge on any atom is -0.357 e. The number of hydrogen-bond donors (Lipinski definition) is 2. The lowest BCUT2D eigenvalue weighted by atomic mass is 10.1. The van der Waals surface area contributed by atoms with Crippen molar-refractivity contribution in [2.24, 2.45) is 10.9 Å². The van der Waals surface area contributed by atoms with Crippen LogP contribution in [0.3, 0.4) is 0 Å². The van der Waals surface area contributed by atoms with Crippen LogP contribution in [0.15, 0.2) is 17.4 Å². The average Bonchev–Trinajstić information content (AvgIpc) is 3.39. The number of aliphatic imine (C=N–C) groups is 1. The van der Waals surface area contributed by atoms with E-state index in [0.717, 1.165) is 50.2 Å². The number of aromatic nitrogens is 2. The molecule has 2 heterocycles. The number of aryl methyl sites for hydroxylation is 2. The van der Waals surface area contributed by atoms with Crippen LogP contribution in [0, 0.1) is 12.8 Å². The van der Waals surface area contributed by atoms with Gasteiger partial charge in [-0.05, 0) is 51.9 Å². The molecule has 2 fully saturated rings. The minimum absolute atomic E-state index is 0.540. The van der Waals surface area contributed by atoms with E-state index in [0.29, 0.717) is 6.04 Å². The number of imidazole rings is 1. The van der Waals surface area contributed by atoms with Gasteiger partial charge in [0.25, 0.3) is 0 Å². The van der Waals surface area contributed by atoms with Gasteiger partial charge >= 0.3 is 0 Å². The summed E-state index contributed by atoms with van der Waals surface area (Å²) in [6, 6.07) is 0.540. The zero-order valence-electron chi connectivity index (χ0n) is 17.3. The van der Waals surface area contributed by atoms with Gasteiger partial charge in [0, 0.05) is 57.7 Å². The predicted octanol–water partition coefficient (Wildman–Crippen LogP) is 2.79. The van der Waals surface area contributed by atoms with Crippen LogP contribution in [-0.4, -0.2) is 59.2 Å². The van der Waals surface area contributed by atoms with Crippen molar-refractivity contribution in [2.75, 3.05) is 32.7 Å². The molecule has 2 aliphatic rings. The molecule has 0 amide bonds. The fraction of sp³-hybridized carbons (Fsp3) is 0.810. The van der Waals surface area contributed by atoms with E-state index in [-0.39, 0.29) is 0 Å². The number of hydrogen-bond acceptors (Lipinski definition) is 3. The fourth-order valence-corrected chi connectivity index (χ4v) is 4.41. The SMILES string of the molecule is CCNC(=NCCCCn1ccnc1C)NC1CCN(CC2CCCC2)C1. The van der Waals surface area contributed by atoms with Gasteiger partial charge in [-0.1, -0.05) is 12.8 Å². The Morgan fingerprint density at radius 1 is 1.26 bits per heavy atom. The molecule has 0 radical (unpaired) electrons. The van der Waals surface area contributed by atoms with Gasteiger partial charge in [0.05, 0.1) is 0 Å². The number of guanidine groups is 1. The van der Waals surface area contributed by atoms with Gasteiger partial charge in [0.15, 0.2) is 5.96 Å². The van der Waals surface area contributed by atoms with Gasteiger partial charge in [-0.3, -0.25) is 4.99 Å². The highest BCUT2D eigenvalue weighted by Crippen LogP contribution is 2.26. The van der Waals surface area contributed by atoms with Crippen LogP contribution in [0.2, 0.25) is 0 Å². The molecule has 2 N–H and O–H groups in total. The first kappa shape index (κ1) is 20.2. The summed E-state index contributed by atoms with van der Waals surface area (Å²) in [6.45, 7) is 10.7. The molecule has 1 aliphatic carbocycles. The molecular formula is C21H38N6. The standard InChI is InChI=1S/C21H38N6/c1-3-22-21(24-11-6-7-13-27-15-12-23-18(27)2)25-20-10-14-26(17-20)16-19-8-4-5-9-19/h12,15,19-20H,3-11,13-14,16-17H2,1-2H3,(H2,22,24,25). The van der Waals surface area contributed by atoms with Crippen LogP contribution in [0.4, 0.5) is 0 Å². The molecule has 0 aromatic carbocycles. The van der Waals surface area contributed by atoms with Crippen molar-refractivity contribution in [1.82, 2.24) is 25.1 Å². The molecule has 27 heavy (non-hydrogen) atoms. The molecule has 0 spiro atoms. The minimum atomic E-state index is 0.540. The maximum Gasteiger partial charge on any atom is 0.191 e. The molecule has 1 aliphatic heterocycles. The highest BCUT2D eigenvalue weighted by atomic mass is 15.2. The molecule has 1 aromatic rings. The molecule has 1 saturated carbocycles. The van der Waals surface area contributed by atoms with Crippen LogP contribution >= 0.6 is 0 Å². The van der Waals surface area contributed by atoms with E-state index in [4.69, 9.17) is 4.99 Å². The van der Waals surface area contributed by atoms with E-state index in [1.165, 1.54) is 51.7 Å². The molecule has 1 saturated heterocycles. The Bertz CT molecular complexity index is 575. The number of nitrogens with zero attached hydrogens (tertiary/aromatic N) is 4. The molecular weight excluding hydrogens is 336 g/mol. The van der Waals surface area contributed by atoms with Gasteiger partial charge in [-0.25, -0.2) is 4.98 Å². The molecule has 152 valence electrons. The lowest BCUT2D eigenvalue weighted by molar-refractivity contribution is 0.275. The molecule has 0 bridgehead atoms. The Labute approximate surface area is 164 Å². The summed E-state index contributed by atoms with van der Waals surface area (Å²) in [6.07, 6.45) is 13.2. The summed E-state index contributed by atoms with van der Waals surface area (Å²) in [5.74, 6) is 3.03. The van der Waals surface area contributed by atoms with Crippen molar-refractivity contribution in [3.8, 4) is 0 Å². The van der Waals surface area contributed by atoms with Gasteiger partial charge in [0.1, 0.15) is 5.82 Å². The number of nitrogens with one attached hydrogen (secondary N) is 2. The summed E-state index contributed by atoms with van der Waals surface area (Å²) in [4.78, 5) is 11.7. The first-order valence-corrected chi connectivity index (χ1v) is 11.0. The van der Waals surface area contributed by atoms with Crippen LogP contribution in [0.25, 0.3) is 0 Å². The third-order valence-corrected chi connectivity index (χ3v) is 5.95. The van der Waals surface area contributed by atoms with Crippen molar-refractivity contribution >= 4 is 5.96 Å². The van der Waals surface area contributed by atoms with E-state index < -0.39 is 0 Å². The Hall–Kier alpha value is -1.56. The Morgan fingerprint density at radius 3 is 2.85 bits per heavy atom. The van der Waals surface area contributed by atoms with E-state index in [1.807, 2.05) is 6.20 Å². The molecule has 1 aromatic heterocycles. The quantitative estimate of drug-likeness (QED) is 0.396. The number of likely N-dealkylation sites (tertiary alicyclic amines) is 1. The topological polar surface area (TPSA) is 57.5 Å². The third kappa shape index (κ3) is 6.52. The highest BCUT2D eigenvalue weighted by Gasteiger charge is 2.26. The van der Waals surface area contributed by atoms with Crippen LogP contribution in [0.1, 0.15) is 57.7 Å². The number of rotatable bonds is 9. The summed E-state index contributed by atoms with van der Waals surface area (Å²) in [7, 11) is 0. The zero-order valence-corrected chi connectivity index (χ0v) is 17.3. The largest absolute Gasteiger partial charge is 0.357 e. The Kier molecular flexibility index (Phi) is 7.99. The summed E-state index contributed by atoms with van der Waals surface area (Å²) in [5.41, 5.74) is 0. The first-order valence-electron chi connectivity index (χ1n) is 11.0. The van der Waals surface area contributed by atoms with Crippen molar-refractivity contribution in [1.29, 1.82) is 0 Å².